The van der Waals surface area contributed by atoms with Gasteiger partial charge in [-0.05, 0) is 51.8 Å². The Kier molecular flexibility index (Phi) is 12.2. The zero-order valence-corrected chi connectivity index (χ0v) is 25.4. The number of carbonyl (C=O) groups is 3. The van der Waals surface area contributed by atoms with Gasteiger partial charge in [-0.3, -0.25) is 4.79 Å². The number of halogens is 2. The summed E-state index contributed by atoms with van der Waals surface area (Å²) in [5.41, 5.74) is 1.75. The van der Waals surface area contributed by atoms with E-state index >= 15 is 0 Å². The number of alkyl carbamates (subject to hydrolysis) is 1. The van der Waals surface area contributed by atoms with Gasteiger partial charge in [0.15, 0.2) is 0 Å². The Hall–Kier alpha value is -2.72. The fourth-order valence-corrected chi connectivity index (χ4v) is 4.42. The van der Waals surface area contributed by atoms with Crippen LogP contribution in [-0.4, -0.2) is 76.7 Å². The second-order valence-corrected chi connectivity index (χ2v) is 11.3. The first-order valence-corrected chi connectivity index (χ1v) is 14.2. The van der Waals surface area contributed by atoms with Gasteiger partial charge in [0.25, 0.3) is 0 Å². The Balaban J connectivity index is 2.40. The normalized spacial score (nSPS) is 13.2. The summed E-state index contributed by atoms with van der Waals surface area (Å²) < 4.78 is 12.4. The number of nitrogens with zero attached hydrogens (tertiary/aromatic N) is 3. The average molecular weight is 587 g/mol. The van der Waals surface area contributed by atoms with Crippen LogP contribution >= 0.6 is 23.2 Å². The summed E-state index contributed by atoms with van der Waals surface area (Å²) in [4.78, 5) is 45.4. The number of hydrogen-bond acceptors (Lipinski definition) is 7. The molecule has 0 radical (unpaired) electrons. The molecule has 10 nitrogen and oxygen atoms in total. The molecule has 0 saturated heterocycles. The molecule has 0 aliphatic rings. The largest absolute Gasteiger partial charge is 0.464 e. The molecule has 2 rings (SSSR count). The predicted molar refractivity (Wildman–Crippen MR) is 155 cm³/mol. The van der Waals surface area contributed by atoms with E-state index < -0.39 is 35.7 Å². The molecule has 2 aromatic rings. The number of benzene rings is 1. The molecule has 2 amide bonds. The summed E-state index contributed by atoms with van der Waals surface area (Å²) >= 11 is 11.9. The van der Waals surface area contributed by atoms with E-state index in [1.54, 1.807) is 41.5 Å². The van der Waals surface area contributed by atoms with Crippen LogP contribution in [0.3, 0.4) is 0 Å². The number of nitrogens with one attached hydrogen (secondary N) is 2. The number of hydrogen-bond donors (Lipinski definition) is 2. The smallest absolute Gasteiger partial charge is 0.408 e. The van der Waals surface area contributed by atoms with Gasteiger partial charge >= 0.3 is 12.1 Å². The number of aromatic nitrogens is 2. The summed E-state index contributed by atoms with van der Waals surface area (Å²) in [6.07, 6.45) is -0.689. The summed E-state index contributed by atoms with van der Waals surface area (Å²) in [5.74, 6) is 0.170. The highest BCUT2D eigenvalue weighted by molar-refractivity contribution is 6.18. The van der Waals surface area contributed by atoms with Crippen LogP contribution in [0.4, 0.5) is 10.5 Å². The van der Waals surface area contributed by atoms with Gasteiger partial charge in [-0.15, -0.1) is 23.2 Å². The number of carbonyl (C=O) groups excluding carboxylic acids is 3. The molecule has 0 fully saturated rings. The number of esters is 1. The van der Waals surface area contributed by atoms with E-state index in [2.05, 4.69) is 15.5 Å². The van der Waals surface area contributed by atoms with Crippen molar-refractivity contribution in [3.05, 3.63) is 24.0 Å². The first kappa shape index (κ1) is 32.5. The Morgan fingerprint density at radius 2 is 1.74 bits per heavy atom. The van der Waals surface area contributed by atoms with Gasteiger partial charge in [-0.25, -0.2) is 14.6 Å². The molecule has 0 spiro atoms. The molecule has 1 aromatic heterocycles. The van der Waals surface area contributed by atoms with Crippen LogP contribution in [-0.2, 0) is 32.5 Å². The minimum absolute atomic E-state index is 0.0618. The SMILES string of the molecule is CCOC(=O)[C@@H](NC(=O)[C@H](Cc1nc2cc(N(CCCl)CCCl)ccc2n1C)NC(=O)OC(C)(C)C)C(C)C. The van der Waals surface area contributed by atoms with E-state index in [1.807, 2.05) is 29.8 Å². The summed E-state index contributed by atoms with van der Waals surface area (Å²) in [7, 11) is 1.84. The molecule has 0 aliphatic heterocycles. The molecular formula is C27H41Cl2N5O5. The van der Waals surface area contributed by atoms with Crippen molar-refractivity contribution in [2.45, 2.75) is 65.6 Å². The number of fused-ring (bicyclic) bond motifs is 1. The van der Waals surface area contributed by atoms with Crippen LogP contribution in [0.1, 0.15) is 47.4 Å². The molecule has 1 aromatic carbocycles. The third kappa shape index (κ3) is 9.46. The van der Waals surface area contributed by atoms with Crippen molar-refractivity contribution in [1.29, 1.82) is 0 Å². The topological polar surface area (TPSA) is 115 Å². The first-order valence-electron chi connectivity index (χ1n) is 13.1. The van der Waals surface area contributed by atoms with Crippen LogP contribution in [0.2, 0.25) is 0 Å². The minimum atomic E-state index is -1.06. The van der Waals surface area contributed by atoms with Gasteiger partial charge in [0.1, 0.15) is 23.5 Å². The molecule has 2 N–H and O–H groups in total. The second-order valence-electron chi connectivity index (χ2n) is 10.5. The van der Waals surface area contributed by atoms with Crippen molar-refractivity contribution in [3.8, 4) is 0 Å². The molecule has 0 aliphatic carbocycles. The van der Waals surface area contributed by atoms with Crippen molar-refractivity contribution in [1.82, 2.24) is 20.2 Å². The van der Waals surface area contributed by atoms with E-state index in [0.717, 1.165) is 16.7 Å². The quantitative estimate of drug-likeness (QED) is 0.269. The number of amides is 2. The van der Waals surface area contributed by atoms with Crippen LogP contribution in [0.15, 0.2) is 18.2 Å². The van der Waals surface area contributed by atoms with Gasteiger partial charge in [0.2, 0.25) is 5.91 Å². The number of rotatable bonds is 13. The molecule has 1 heterocycles. The number of imidazole rings is 1. The lowest BCUT2D eigenvalue weighted by molar-refractivity contribution is -0.148. The zero-order chi connectivity index (χ0) is 29.3. The fourth-order valence-electron chi connectivity index (χ4n) is 4.02. The maximum atomic E-state index is 13.4. The lowest BCUT2D eigenvalue weighted by atomic mass is 10.0. The van der Waals surface area contributed by atoms with E-state index in [1.165, 1.54) is 0 Å². The molecule has 0 unspecified atom stereocenters. The average Bonchev–Trinajstić information content (AvgIpc) is 3.14. The van der Waals surface area contributed by atoms with Gasteiger partial charge < -0.3 is 29.6 Å². The summed E-state index contributed by atoms with van der Waals surface area (Å²) in [6.45, 7) is 12.0. The molecule has 0 saturated carbocycles. The predicted octanol–water partition coefficient (Wildman–Crippen LogP) is 4.00. The zero-order valence-electron chi connectivity index (χ0n) is 23.8. The van der Waals surface area contributed by atoms with Crippen molar-refractivity contribution < 1.29 is 23.9 Å². The van der Waals surface area contributed by atoms with Crippen molar-refractivity contribution in [2.75, 3.05) is 36.4 Å². The Bertz CT molecular complexity index is 1130. The van der Waals surface area contributed by atoms with Crippen LogP contribution < -0.4 is 15.5 Å². The Labute approximate surface area is 240 Å². The maximum Gasteiger partial charge on any atom is 0.408 e. The number of ether oxygens (including phenoxy) is 2. The molecule has 2 atom stereocenters. The fraction of sp³-hybridized carbons (Fsp3) is 0.630. The molecular weight excluding hydrogens is 545 g/mol. The minimum Gasteiger partial charge on any atom is -0.464 e. The number of anilines is 1. The van der Waals surface area contributed by atoms with Crippen LogP contribution in [0.25, 0.3) is 11.0 Å². The Morgan fingerprint density at radius 3 is 2.28 bits per heavy atom. The van der Waals surface area contributed by atoms with Gasteiger partial charge in [-0.2, -0.15) is 0 Å². The van der Waals surface area contributed by atoms with Crippen LogP contribution in [0, 0.1) is 5.92 Å². The third-order valence-electron chi connectivity index (χ3n) is 5.93. The third-order valence-corrected chi connectivity index (χ3v) is 6.27. The van der Waals surface area contributed by atoms with Gasteiger partial charge in [-0.1, -0.05) is 13.8 Å². The maximum absolute atomic E-state index is 13.4. The van der Waals surface area contributed by atoms with Crippen molar-refractivity contribution >= 4 is 57.9 Å². The lowest BCUT2D eigenvalue weighted by Gasteiger charge is -2.26. The van der Waals surface area contributed by atoms with E-state index in [9.17, 15) is 14.4 Å². The second kappa shape index (κ2) is 14.6. The molecule has 0 bridgehead atoms. The summed E-state index contributed by atoms with van der Waals surface area (Å²) in [5, 5.41) is 5.40. The highest BCUT2D eigenvalue weighted by atomic mass is 35.5. The van der Waals surface area contributed by atoms with Crippen molar-refractivity contribution in [2.24, 2.45) is 13.0 Å². The van der Waals surface area contributed by atoms with E-state index in [4.69, 9.17) is 37.7 Å². The van der Waals surface area contributed by atoms with Gasteiger partial charge in [0.05, 0.1) is 17.6 Å². The molecule has 39 heavy (non-hydrogen) atoms. The van der Waals surface area contributed by atoms with Crippen LogP contribution in [0.5, 0.6) is 0 Å². The van der Waals surface area contributed by atoms with E-state index in [0.29, 0.717) is 30.7 Å². The van der Waals surface area contributed by atoms with Gasteiger partial charge in [0, 0.05) is 44.0 Å². The number of alkyl halides is 2. The monoisotopic (exact) mass is 585 g/mol. The van der Waals surface area contributed by atoms with Crippen molar-refractivity contribution in [3.63, 3.8) is 0 Å². The highest BCUT2D eigenvalue weighted by Crippen LogP contribution is 2.23. The lowest BCUT2D eigenvalue weighted by Crippen LogP contribution is -2.55. The first-order chi connectivity index (χ1) is 18.3. The highest BCUT2D eigenvalue weighted by Gasteiger charge is 2.32. The number of aryl methyl sites for hydroxylation is 1. The Morgan fingerprint density at radius 1 is 1.10 bits per heavy atom. The molecule has 12 heteroatoms. The summed E-state index contributed by atoms with van der Waals surface area (Å²) in [6, 6.07) is 3.93. The standard InChI is InChI=1S/C27H41Cl2N5O5/c1-8-38-25(36)23(17(2)3)32-24(35)20(31-26(37)39-27(4,5)6)16-22-30-19-15-18(9-10-21(19)33(22)7)34(13-11-28)14-12-29/h9-10,15,17,20,23H,8,11-14,16H2,1-7H3,(H,31,37)(H,32,35)/t20-,23-/m0/s1. The molecule has 218 valence electrons. The van der Waals surface area contributed by atoms with E-state index in [-0.39, 0.29) is 18.9 Å².